The molecule has 0 aliphatic rings. The summed E-state index contributed by atoms with van der Waals surface area (Å²) in [7, 11) is -0.873. The zero-order valence-corrected chi connectivity index (χ0v) is 44.7. The standard InChI is InChI=1S/C15H15BrN4O4S.C12H12BrIN2O4S.C3H4N2.CH2O3.2K.H/c1-17-14(21)13-9-6-10(16)11(19(2)25(3,22)23)7-12(9)24-15(13)20-5-4-18-8-20;1-15-12(17)10-6-4-7(13)8(16(2)21(3,18)19)5-9(6)20-11(10)14;1-2-5-3-4-1;2-1-4-3;;;/h4-8H,1-3H3,(H,17,21);4-5H,1-3H3,(H,15,17);1-3H,(H,4,5);1,3H;;;/q;;;;2*+1;-1/p-1. The van der Waals surface area contributed by atoms with Gasteiger partial charge in [-0.2, -0.15) is 0 Å². The van der Waals surface area contributed by atoms with Gasteiger partial charge >= 0.3 is 103 Å². The van der Waals surface area contributed by atoms with E-state index < -0.39 is 20.0 Å². The molecule has 0 fully saturated rings. The molecule has 4 aromatic heterocycles. The van der Waals surface area contributed by atoms with Crippen LogP contribution in [0, 0.1) is 3.77 Å². The van der Waals surface area contributed by atoms with Gasteiger partial charge in [0.1, 0.15) is 23.1 Å². The minimum absolute atomic E-state index is 0. The first kappa shape index (κ1) is 53.8. The molecule has 0 atom stereocenters. The van der Waals surface area contributed by atoms with Gasteiger partial charge in [0.2, 0.25) is 25.9 Å². The number of halogens is 3. The predicted octanol–water partition coefficient (Wildman–Crippen LogP) is -2.34. The van der Waals surface area contributed by atoms with Crippen LogP contribution in [0.4, 0.5) is 11.4 Å². The molecule has 3 N–H and O–H groups in total. The van der Waals surface area contributed by atoms with Crippen molar-refractivity contribution in [3.05, 3.63) is 85.5 Å². The number of aromatic amines is 1. The number of benzene rings is 2. The van der Waals surface area contributed by atoms with Crippen molar-refractivity contribution in [3.8, 4) is 5.88 Å². The molecule has 0 bridgehead atoms. The SMILES string of the molecule is CNC(=O)c1c(-n2ccnc2)oc2cc(N(C)S(C)(=O)=O)c(Br)cc12.CNC(=O)c1c(I)oc2cc(N(C)S(C)(=O)=O)c(Br)cc12.O=CO[O-].[H-].[K+].[K+].c1c[nH]cn1. The normalized spacial score (nSPS) is 10.5. The molecule has 2 aromatic carbocycles. The second-order valence-electron chi connectivity index (χ2n) is 10.7. The van der Waals surface area contributed by atoms with Crippen LogP contribution in [0.5, 0.6) is 0 Å². The van der Waals surface area contributed by atoms with Crippen molar-refractivity contribution in [2.45, 2.75) is 0 Å². The quantitative estimate of drug-likeness (QED) is 0.0476. The number of fused-ring (bicyclic) bond motifs is 2. The van der Waals surface area contributed by atoms with Crippen molar-refractivity contribution >= 4 is 126 Å². The van der Waals surface area contributed by atoms with E-state index in [1.54, 1.807) is 59.9 Å². The average molecular weight is 1120 g/mol. The Labute approximate surface area is 444 Å². The minimum Gasteiger partial charge on any atom is -1.00 e. The molecule has 0 saturated carbocycles. The van der Waals surface area contributed by atoms with E-state index in [0.717, 1.165) is 21.1 Å². The van der Waals surface area contributed by atoms with Crippen LogP contribution in [-0.2, 0) is 29.7 Å². The molecule has 298 valence electrons. The topological polar surface area (TPSA) is 255 Å². The third-order valence-electron chi connectivity index (χ3n) is 7.22. The smallest absolute Gasteiger partial charge is 1.00 e. The minimum atomic E-state index is -3.45. The number of H-pyrrole nitrogens is 1. The summed E-state index contributed by atoms with van der Waals surface area (Å²) in [5.41, 5.74) is 2.46. The Hall–Kier alpha value is -1.23. The maximum Gasteiger partial charge on any atom is 1.00 e. The fourth-order valence-corrected chi connectivity index (χ4v) is 7.71. The number of hydrogen-bond donors (Lipinski definition) is 3. The third kappa shape index (κ3) is 14.2. The predicted molar refractivity (Wildman–Crippen MR) is 218 cm³/mol. The van der Waals surface area contributed by atoms with Gasteiger partial charge in [-0.15, -0.1) is 0 Å². The summed E-state index contributed by atoms with van der Waals surface area (Å²) in [5, 5.41) is 14.8. The van der Waals surface area contributed by atoms with E-state index >= 15 is 0 Å². The van der Waals surface area contributed by atoms with E-state index in [4.69, 9.17) is 18.9 Å². The molecule has 2 amide bonds. The number of hydrogen-bond acceptors (Lipinski definition) is 13. The average Bonchev–Trinajstić information content (AvgIpc) is 3.97. The van der Waals surface area contributed by atoms with Crippen molar-refractivity contribution < 1.29 is 154 Å². The van der Waals surface area contributed by atoms with Crippen LogP contribution in [0.1, 0.15) is 22.1 Å². The van der Waals surface area contributed by atoms with E-state index in [9.17, 15) is 26.4 Å². The molecule has 26 heteroatoms. The van der Waals surface area contributed by atoms with Gasteiger partial charge < -0.3 is 36.0 Å². The molecule has 0 spiro atoms. The first-order chi connectivity index (χ1) is 25.8. The summed E-state index contributed by atoms with van der Waals surface area (Å²) < 4.78 is 63.8. The molecule has 6 rings (SSSR count). The second kappa shape index (κ2) is 24.3. The summed E-state index contributed by atoms with van der Waals surface area (Å²) in [5.74, 6) is -0.272. The van der Waals surface area contributed by atoms with Crippen molar-refractivity contribution in [3.63, 3.8) is 0 Å². The molecule has 19 nitrogen and oxygen atoms in total. The Balaban J connectivity index is 0.000000891. The monoisotopic (exact) mass is 1120 g/mol. The Bertz CT molecular complexity index is 2490. The number of aromatic nitrogens is 4. The number of nitrogens with zero attached hydrogens (tertiary/aromatic N) is 5. The third-order valence-corrected chi connectivity index (χ3v) is 11.6. The number of carbonyl (C=O) groups excluding carboxylic acids is 3. The van der Waals surface area contributed by atoms with Crippen LogP contribution >= 0.6 is 54.5 Å². The number of imidazole rings is 2. The first-order valence-electron chi connectivity index (χ1n) is 14.9. The van der Waals surface area contributed by atoms with Crippen LogP contribution in [0.25, 0.3) is 27.8 Å². The zero-order chi connectivity index (χ0) is 41.2. The first-order valence-corrected chi connectivity index (χ1v) is 21.3. The van der Waals surface area contributed by atoms with Crippen molar-refractivity contribution in [2.24, 2.45) is 0 Å². The fraction of sp³-hybridized carbons (Fsp3) is 0.194. The van der Waals surface area contributed by atoms with E-state index in [2.05, 4.69) is 62.3 Å². The Morgan fingerprint density at radius 3 is 1.74 bits per heavy atom. The number of rotatable bonds is 8. The summed E-state index contributed by atoms with van der Waals surface area (Å²) >= 11 is 8.65. The number of nitrogens with one attached hydrogen (secondary N) is 3. The molecule has 0 aliphatic heterocycles. The summed E-state index contributed by atoms with van der Waals surface area (Å²) in [6, 6.07) is 6.52. The number of anilines is 2. The second-order valence-corrected chi connectivity index (χ2v) is 17.4. The largest absolute Gasteiger partial charge is 1.00 e. The maximum absolute atomic E-state index is 12.4. The molecule has 0 unspecified atom stereocenters. The van der Waals surface area contributed by atoms with Gasteiger partial charge in [0.15, 0.2) is 3.77 Å². The molecule has 0 saturated heterocycles. The van der Waals surface area contributed by atoms with Gasteiger partial charge in [-0.25, -0.2) is 26.8 Å². The van der Waals surface area contributed by atoms with Gasteiger partial charge in [-0.1, -0.05) is 0 Å². The van der Waals surface area contributed by atoms with Crippen LogP contribution in [0.15, 0.2) is 79.5 Å². The zero-order valence-electron chi connectivity index (χ0n) is 32.5. The Morgan fingerprint density at radius 2 is 1.37 bits per heavy atom. The number of sulfonamides is 2. The number of furan rings is 2. The summed E-state index contributed by atoms with van der Waals surface area (Å²) in [6.45, 7) is -0.181. The van der Waals surface area contributed by atoms with Gasteiger partial charge in [-0.05, 0) is 44.0 Å². The molecule has 0 radical (unpaired) electrons. The fourth-order valence-electron chi connectivity index (χ4n) is 4.47. The van der Waals surface area contributed by atoms with Gasteiger partial charge in [0, 0.05) is 107 Å². The summed E-state index contributed by atoms with van der Waals surface area (Å²) in [4.78, 5) is 45.9. The molecular formula is C31H33Br2IK2N8O11S2. The maximum atomic E-state index is 12.4. The van der Waals surface area contributed by atoms with Crippen molar-refractivity contribution in [1.29, 1.82) is 0 Å². The van der Waals surface area contributed by atoms with Crippen molar-refractivity contribution in [1.82, 2.24) is 30.2 Å². The van der Waals surface area contributed by atoms with Crippen LogP contribution < -0.4 is 127 Å². The van der Waals surface area contributed by atoms with Crippen LogP contribution in [-0.4, -0.2) is 95.3 Å². The van der Waals surface area contributed by atoms with E-state index in [1.165, 1.54) is 34.5 Å². The molecule has 4 heterocycles. The molecule has 57 heavy (non-hydrogen) atoms. The van der Waals surface area contributed by atoms with Gasteiger partial charge in [-0.3, -0.25) is 27.6 Å². The number of carbonyl (C=O) groups is 3. The van der Waals surface area contributed by atoms with Crippen LogP contribution in [0.3, 0.4) is 0 Å². The van der Waals surface area contributed by atoms with Gasteiger partial charge in [0.25, 0.3) is 18.3 Å². The van der Waals surface area contributed by atoms with Crippen LogP contribution in [0.2, 0.25) is 0 Å². The Kier molecular flexibility index (Phi) is 22.9. The van der Waals surface area contributed by atoms with E-state index in [0.29, 0.717) is 63.0 Å². The van der Waals surface area contributed by atoms with E-state index in [1.807, 2.05) is 22.6 Å². The van der Waals surface area contributed by atoms with Crippen molar-refractivity contribution in [2.75, 3.05) is 49.3 Å². The molecule has 6 aromatic rings. The summed E-state index contributed by atoms with van der Waals surface area (Å²) in [6.07, 6.45) is 12.1. The number of amides is 2. The van der Waals surface area contributed by atoms with E-state index in [-0.39, 0.29) is 122 Å². The van der Waals surface area contributed by atoms with Gasteiger partial charge in [0.05, 0.1) is 35.8 Å². The molecular weight excluding hydrogens is 1090 g/mol. The Morgan fingerprint density at radius 1 is 0.895 bits per heavy atom. The molecule has 0 aliphatic carbocycles.